The predicted molar refractivity (Wildman–Crippen MR) is 70.9 cm³/mol. The number of anilines is 1. The molecule has 21 heavy (non-hydrogen) atoms. The van der Waals surface area contributed by atoms with Gasteiger partial charge >= 0.3 is 12.3 Å². The van der Waals surface area contributed by atoms with Crippen molar-refractivity contribution in [3.63, 3.8) is 0 Å². The van der Waals surface area contributed by atoms with Crippen LogP contribution in [0.2, 0.25) is 0 Å². The number of nitrogens with two attached hydrogens (primary N) is 1. The molecular formula is C13H17F3N2O3. The van der Waals surface area contributed by atoms with Crippen LogP contribution in [0, 0.1) is 0 Å². The molecule has 1 amide bonds. The van der Waals surface area contributed by atoms with Crippen LogP contribution >= 0.6 is 0 Å². The number of benzene rings is 1. The standard InChI is InChI=1S/C13H17F3N2O3/c1-12(2,3)21-11(20)18-7-4-5-9(19)8(6-7)10(17)13(14,15)16/h4-6,10,19H,17H2,1-3H3,(H,18,20). The fraction of sp³-hybridized carbons (Fsp3) is 0.462. The maximum Gasteiger partial charge on any atom is 0.412 e. The Hall–Kier alpha value is -1.96. The maximum absolute atomic E-state index is 12.6. The second-order valence-corrected chi connectivity index (χ2v) is 5.42. The monoisotopic (exact) mass is 306 g/mol. The summed E-state index contributed by atoms with van der Waals surface area (Å²) < 4.78 is 42.7. The van der Waals surface area contributed by atoms with E-state index in [1.807, 2.05) is 0 Å². The van der Waals surface area contributed by atoms with E-state index in [1.165, 1.54) is 6.07 Å². The Morgan fingerprint density at radius 1 is 1.33 bits per heavy atom. The van der Waals surface area contributed by atoms with E-state index in [-0.39, 0.29) is 5.69 Å². The number of phenols is 1. The minimum Gasteiger partial charge on any atom is -0.508 e. The molecule has 118 valence electrons. The molecule has 4 N–H and O–H groups in total. The number of nitrogens with one attached hydrogen (secondary N) is 1. The van der Waals surface area contributed by atoms with E-state index in [0.717, 1.165) is 12.1 Å². The highest BCUT2D eigenvalue weighted by molar-refractivity contribution is 5.85. The third-order valence-electron chi connectivity index (χ3n) is 2.36. The van der Waals surface area contributed by atoms with Crippen molar-refractivity contribution in [2.75, 3.05) is 5.32 Å². The second-order valence-electron chi connectivity index (χ2n) is 5.42. The number of ether oxygens (including phenoxy) is 1. The molecule has 1 aromatic rings. The number of aromatic hydroxyl groups is 1. The van der Waals surface area contributed by atoms with Crippen LogP contribution in [0.1, 0.15) is 32.4 Å². The van der Waals surface area contributed by atoms with Gasteiger partial charge in [0.05, 0.1) is 0 Å². The van der Waals surface area contributed by atoms with Crippen LogP contribution in [-0.4, -0.2) is 23.0 Å². The Kier molecular flexibility index (Phi) is 4.72. The quantitative estimate of drug-likeness (QED) is 0.732. The van der Waals surface area contributed by atoms with Gasteiger partial charge in [-0.2, -0.15) is 13.2 Å². The summed E-state index contributed by atoms with van der Waals surface area (Å²) in [6, 6.07) is 0.870. The van der Waals surface area contributed by atoms with E-state index >= 15 is 0 Å². The van der Waals surface area contributed by atoms with Crippen LogP contribution < -0.4 is 11.1 Å². The highest BCUT2D eigenvalue weighted by Gasteiger charge is 2.39. The van der Waals surface area contributed by atoms with Gasteiger partial charge < -0.3 is 15.6 Å². The van der Waals surface area contributed by atoms with Gasteiger partial charge in [0.2, 0.25) is 0 Å². The Morgan fingerprint density at radius 3 is 2.38 bits per heavy atom. The normalized spacial score (nSPS) is 13.7. The Morgan fingerprint density at radius 2 is 1.90 bits per heavy atom. The van der Waals surface area contributed by atoms with Crippen molar-refractivity contribution in [1.82, 2.24) is 0 Å². The number of halogens is 3. The lowest BCUT2D eigenvalue weighted by Crippen LogP contribution is -2.29. The molecular weight excluding hydrogens is 289 g/mol. The minimum absolute atomic E-state index is 0.0387. The van der Waals surface area contributed by atoms with Gasteiger partial charge in [-0.15, -0.1) is 0 Å². The van der Waals surface area contributed by atoms with E-state index in [2.05, 4.69) is 5.32 Å². The first kappa shape index (κ1) is 17.1. The molecule has 0 fully saturated rings. The summed E-state index contributed by atoms with van der Waals surface area (Å²) in [5.41, 5.74) is 3.81. The lowest BCUT2D eigenvalue weighted by Gasteiger charge is -2.21. The van der Waals surface area contributed by atoms with Gasteiger partial charge in [-0.05, 0) is 39.0 Å². The average molecular weight is 306 g/mol. The van der Waals surface area contributed by atoms with Crippen molar-refractivity contribution in [2.45, 2.75) is 38.6 Å². The summed E-state index contributed by atoms with van der Waals surface area (Å²) >= 11 is 0. The first-order chi connectivity index (χ1) is 9.40. The zero-order valence-electron chi connectivity index (χ0n) is 11.8. The lowest BCUT2D eigenvalue weighted by atomic mass is 10.1. The van der Waals surface area contributed by atoms with Crippen LogP contribution in [0.15, 0.2) is 18.2 Å². The highest BCUT2D eigenvalue weighted by atomic mass is 19.4. The topological polar surface area (TPSA) is 84.6 Å². The summed E-state index contributed by atoms with van der Waals surface area (Å²) in [6.07, 6.45) is -5.53. The van der Waals surface area contributed by atoms with Gasteiger partial charge in [-0.3, -0.25) is 5.32 Å². The third kappa shape index (κ3) is 5.14. The number of alkyl halides is 3. The smallest absolute Gasteiger partial charge is 0.412 e. The molecule has 0 aliphatic heterocycles. The van der Waals surface area contributed by atoms with Crippen molar-refractivity contribution in [2.24, 2.45) is 5.73 Å². The van der Waals surface area contributed by atoms with Gasteiger partial charge in [0.15, 0.2) is 0 Å². The fourth-order valence-electron chi connectivity index (χ4n) is 1.48. The van der Waals surface area contributed by atoms with E-state index in [9.17, 15) is 23.1 Å². The summed E-state index contributed by atoms with van der Waals surface area (Å²) in [5.74, 6) is -0.602. The number of carbonyl (C=O) groups is 1. The fourth-order valence-corrected chi connectivity index (χ4v) is 1.48. The summed E-state index contributed by atoms with van der Waals surface area (Å²) in [6.45, 7) is 4.94. The number of amides is 1. The molecule has 1 rings (SSSR count). The zero-order chi connectivity index (χ0) is 16.4. The number of hydrogen-bond acceptors (Lipinski definition) is 4. The molecule has 0 radical (unpaired) electrons. The molecule has 0 aromatic heterocycles. The minimum atomic E-state index is -4.71. The summed E-state index contributed by atoms with van der Waals surface area (Å²) in [4.78, 5) is 11.5. The van der Waals surface area contributed by atoms with E-state index < -0.39 is 35.2 Å². The third-order valence-corrected chi connectivity index (χ3v) is 2.36. The largest absolute Gasteiger partial charge is 0.508 e. The first-order valence-corrected chi connectivity index (χ1v) is 6.05. The van der Waals surface area contributed by atoms with Crippen LogP contribution in [0.5, 0.6) is 5.75 Å². The first-order valence-electron chi connectivity index (χ1n) is 6.05. The Balaban J connectivity index is 2.95. The van der Waals surface area contributed by atoms with Crippen molar-refractivity contribution < 1.29 is 27.8 Å². The molecule has 8 heteroatoms. The van der Waals surface area contributed by atoms with Crippen LogP contribution in [0.25, 0.3) is 0 Å². The molecule has 0 heterocycles. The number of carbonyl (C=O) groups excluding carboxylic acids is 1. The Labute approximate surface area is 119 Å². The number of hydrogen-bond donors (Lipinski definition) is 3. The van der Waals surface area contributed by atoms with Crippen LogP contribution in [-0.2, 0) is 4.74 Å². The van der Waals surface area contributed by atoms with Gasteiger partial charge in [-0.25, -0.2) is 4.79 Å². The van der Waals surface area contributed by atoms with E-state index in [0.29, 0.717) is 0 Å². The second kappa shape index (κ2) is 5.80. The molecule has 0 aliphatic carbocycles. The molecule has 1 atom stereocenters. The van der Waals surface area contributed by atoms with Crippen molar-refractivity contribution in [3.8, 4) is 5.75 Å². The lowest BCUT2D eigenvalue weighted by molar-refractivity contribution is -0.149. The van der Waals surface area contributed by atoms with Crippen LogP contribution in [0.3, 0.4) is 0 Å². The maximum atomic E-state index is 12.6. The molecule has 0 saturated carbocycles. The van der Waals surface area contributed by atoms with E-state index in [1.54, 1.807) is 20.8 Å². The number of rotatable bonds is 2. The average Bonchev–Trinajstić information content (AvgIpc) is 2.27. The molecule has 1 aromatic carbocycles. The SMILES string of the molecule is CC(C)(C)OC(=O)Nc1ccc(O)c(C(N)C(F)(F)F)c1. The molecule has 0 bridgehead atoms. The highest BCUT2D eigenvalue weighted by Crippen LogP contribution is 2.36. The van der Waals surface area contributed by atoms with Crippen molar-refractivity contribution in [1.29, 1.82) is 0 Å². The van der Waals surface area contributed by atoms with Crippen molar-refractivity contribution >= 4 is 11.8 Å². The van der Waals surface area contributed by atoms with Gasteiger partial charge in [0.25, 0.3) is 0 Å². The Bertz CT molecular complexity index is 524. The number of phenolic OH excluding ortho intramolecular Hbond substituents is 1. The predicted octanol–water partition coefficient (Wildman–Crippen LogP) is 3.30. The van der Waals surface area contributed by atoms with Crippen molar-refractivity contribution in [3.05, 3.63) is 23.8 Å². The summed E-state index contributed by atoms with van der Waals surface area (Å²) in [5, 5.41) is 11.7. The van der Waals surface area contributed by atoms with E-state index in [4.69, 9.17) is 10.5 Å². The molecule has 0 aliphatic rings. The molecule has 1 unspecified atom stereocenters. The zero-order valence-corrected chi connectivity index (χ0v) is 11.8. The molecule has 5 nitrogen and oxygen atoms in total. The molecule has 0 spiro atoms. The van der Waals surface area contributed by atoms with Gasteiger partial charge in [0.1, 0.15) is 17.4 Å². The van der Waals surface area contributed by atoms with Crippen LogP contribution in [0.4, 0.5) is 23.7 Å². The molecule has 0 saturated heterocycles. The summed E-state index contributed by atoms with van der Waals surface area (Å²) in [7, 11) is 0. The van der Waals surface area contributed by atoms with Gasteiger partial charge in [0, 0.05) is 11.3 Å². The van der Waals surface area contributed by atoms with Gasteiger partial charge in [-0.1, -0.05) is 0 Å².